The predicted octanol–water partition coefficient (Wildman–Crippen LogP) is 4.53. The number of amides is 1. The number of anilines is 2. The van der Waals surface area contributed by atoms with Crippen LogP contribution in [0.4, 0.5) is 11.6 Å². The van der Waals surface area contributed by atoms with E-state index in [1.807, 2.05) is 51.9 Å². The number of nitrogens with zero attached hydrogens (tertiary/aromatic N) is 7. The highest BCUT2D eigenvalue weighted by molar-refractivity contribution is 5.98. The van der Waals surface area contributed by atoms with Gasteiger partial charge in [-0.2, -0.15) is 5.10 Å². The third-order valence-corrected chi connectivity index (χ3v) is 7.50. The van der Waals surface area contributed by atoms with Crippen molar-refractivity contribution in [1.29, 1.82) is 0 Å². The van der Waals surface area contributed by atoms with Crippen LogP contribution in [0, 0.1) is 0 Å². The Balaban J connectivity index is 1.18. The Hall–Kier alpha value is -5.05. The Morgan fingerprint density at radius 1 is 1.00 bits per heavy atom. The first kappa shape index (κ1) is 26.2. The zero-order valence-corrected chi connectivity index (χ0v) is 23.0. The first-order valence-electron chi connectivity index (χ1n) is 13.8. The number of nitrogens with two attached hydrogens (primary N) is 1. The third kappa shape index (κ3) is 5.65. The van der Waals surface area contributed by atoms with Gasteiger partial charge in [-0.25, -0.2) is 19.6 Å². The standard InChI is InChI=1S/C32H32N8O/c1-38(27-10-5-6-17-34-27)18-7-11-28(41)39-19-16-26(21-39)40-32-29(31(33)35-22-36-32)30(37-40)25-14-12-24(13-15-25)20-23-8-3-2-4-9-23/h2-15,17,22,26H,16,18-21H2,1H3,(H2,33,35,36)/b11-7+/t26-/m1/s1. The van der Waals surface area contributed by atoms with E-state index < -0.39 is 0 Å². The average molecular weight is 545 g/mol. The molecule has 5 aromatic rings. The van der Waals surface area contributed by atoms with Crippen LogP contribution in [0.25, 0.3) is 22.3 Å². The van der Waals surface area contributed by atoms with Crippen molar-refractivity contribution in [2.45, 2.75) is 18.9 Å². The van der Waals surface area contributed by atoms with E-state index in [9.17, 15) is 4.79 Å². The number of hydrogen-bond acceptors (Lipinski definition) is 7. The summed E-state index contributed by atoms with van der Waals surface area (Å²) in [5.41, 5.74) is 11.2. The Labute approximate surface area is 239 Å². The molecule has 1 saturated heterocycles. The Bertz CT molecular complexity index is 1670. The molecule has 6 rings (SSSR count). The molecule has 3 aromatic heterocycles. The monoisotopic (exact) mass is 544 g/mol. The molecule has 1 fully saturated rings. The van der Waals surface area contributed by atoms with Crippen molar-refractivity contribution in [1.82, 2.24) is 29.6 Å². The molecule has 0 aliphatic carbocycles. The maximum absolute atomic E-state index is 13.0. The number of likely N-dealkylation sites (N-methyl/N-ethyl adjacent to an activating group) is 1. The molecule has 2 N–H and O–H groups in total. The summed E-state index contributed by atoms with van der Waals surface area (Å²) in [6.07, 6.45) is 8.40. The van der Waals surface area contributed by atoms with E-state index in [1.165, 1.54) is 17.5 Å². The highest BCUT2D eigenvalue weighted by Gasteiger charge is 2.30. The summed E-state index contributed by atoms with van der Waals surface area (Å²) in [5, 5.41) is 5.73. The smallest absolute Gasteiger partial charge is 0.246 e. The topological polar surface area (TPSA) is 106 Å². The minimum Gasteiger partial charge on any atom is -0.383 e. The van der Waals surface area contributed by atoms with Gasteiger partial charge in [-0.15, -0.1) is 0 Å². The lowest BCUT2D eigenvalue weighted by molar-refractivity contribution is -0.125. The van der Waals surface area contributed by atoms with E-state index in [-0.39, 0.29) is 11.9 Å². The summed E-state index contributed by atoms with van der Waals surface area (Å²) in [4.78, 5) is 30.0. The fourth-order valence-corrected chi connectivity index (χ4v) is 5.30. The van der Waals surface area contributed by atoms with Crippen molar-refractivity contribution in [2.75, 3.05) is 37.3 Å². The number of pyridine rings is 1. The molecule has 9 heteroatoms. The van der Waals surface area contributed by atoms with Crippen LogP contribution in [0.15, 0.2) is 97.5 Å². The first-order chi connectivity index (χ1) is 20.1. The molecule has 0 radical (unpaired) electrons. The van der Waals surface area contributed by atoms with Gasteiger partial charge < -0.3 is 15.5 Å². The van der Waals surface area contributed by atoms with Gasteiger partial charge in [0.2, 0.25) is 5.91 Å². The number of hydrogen-bond donors (Lipinski definition) is 1. The van der Waals surface area contributed by atoms with Gasteiger partial charge in [0, 0.05) is 44.5 Å². The van der Waals surface area contributed by atoms with Crippen LogP contribution in [0.3, 0.4) is 0 Å². The van der Waals surface area contributed by atoms with Gasteiger partial charge in [0.15, 0.2) is 5.65 Å². The third-order valence-electron chi connectivity index (χ3n) is 7.50. The van der Waals surface area contributed by atoms with Crippen molar-refractivity contribution < 1.29 is 4.79 Å². The lowest BCUT2D eigenvalue weighted by atomic mass is 10.0. The maximum Gasteiger partial charge on any atom is 0.246 e. The molecule has 9 nitrogen and oxygen atoms in total. The highest BCUT2D eigenvalue weighted by Crippen LogP contribution is 2.34. The zero-order chi connectivity index (χ0) is 28.2. The SMILES string of the molecule is CN(C/C=C/C(=O)N1CC[C@@H](n2nc(-c3ccc(Cc4ccccc4)cc3)c3c(N)ncnc32)C1)c1ccccn1. The molecule has 41 heavy (non-hydrogen) atoms. The van der Waals surface area contributed by atoms with Crippen molar-refractivity contribution in [3.8, 4) is 11.3 Å². The van der Waals surface area contributed by atoms with Gasteiger partial charge in [-0.3, -0.25) is 4.79 Å². The molecule has 2 aromatic carbocycles. The molecule has 0 unspecified atom stereocenters. The zero-order valence-electron chi connectivity index (χ0n) is 23.0. The second kappa shape index (κ2) is 11.6. The minimum absolute atomic E-state index is 0.00792. The lowest BCUT2D eigenvalue weighted by Crippen LogP contribution is -2.28. The summed E-state index contributed by atoms with van der Waals surface area (Å²) in [5.74, 6) is 1.25. The van der Waals surface area contributed by atoms with Gasteiger partial charge in [0.25, 0.3) is 0 Å². The van der Waals surface area contributed by atoms with Gasteiger partial charge >= 0.3 is 0 Å². The summed E-state index contributed by atoms with van der Waals surface area (Å²) in [6.45, 7) is 1.79. The summed E-state index contributed by atoms with van der Waals surface area (Å²) in [6, 6.07) is 24.6. The predicted molar refractivity (Wildman–Crippen MR) is 161 cm³/mol. The van der Waals surface area contributed by atoms with E-state index in [0.717, 1.165) is 35.3 Å². The molecular weight excluding hydrogens is 512 g/mol. The van der Waals surface area contributed by atoms with E-state index in [0.29, 0.717) is 31.1 Å². The number of fused-ring (bicyclic) bond motifs is 1. The number of rotatable bonds is 8. The molecule has 1 amide bonds. The van der Waals surface area contributed by atoms with Crippen LogP contribution in [-0.4, -0.2) is 62.2 Å². The lowest BCUT2D eigenvalue weighted by Gasteiger charge is -2.17. The summed E-state index contributed by atoms with van der Waals surface area (Å²) >= 11 is 0. The summed E-state index contributed by atoms with van der Waals surface area (Å²) in [7, 11) is 1.95. The van der Waals surface area contributed by atoms with Gasteiger partial charge in [-0.1, -0.05) is 66.7 Å². The number of nitrogen functional groups attached to an aromatic ring is 1. The fourth-order valence-electron chi connectivity index (χ4n) is 5.30. The number of carbonyl (C=O) groups excluding carboxylic acids is 1. The van der Waals surface area contributed by atoms with Crippen molar-refractivity contribution in [2.24, 2.45) is 0 Å². The first-order valence-corrected chi connectivity index (χ1v) is 13.8. The van der Waals surface area contributed by atoms with Crippen LogP contribution in [0.5, 0.6) is 0 Å². The molecule has 206 valence electrons. The van der Waals surface area contributed by atoms with Gasteiger partial charge in [0.1, 0.15) is 23.7 Å². The van der Waals surface area contributed by atoms with Crippen LogP contribution in [0.1, 0.15) is 23.6 Å². The molecule has 0 saturated carbocycles. The number of aromatic nitrogens is 5. The van der Waals surface area contributed by atoms with Crippen LogP contribution in [0.2, 0.25) is 0 Å². The largest absolute Gasteiger partial charge is 0.383 e. The van der Waals surface area contributed by atoms with E-state index in [4.69, 9.17) is 10.8 Å². The number of benzene rings is 2. The quantitative estimate of drug-likeness (QED) is 0.286. The average Bonchev–Trinajstić information content (AvgIpc) is 3.65. The molecule has 1 atom stereocenters. The molecule has 0 spiro atoms. The Morgan fingerprint density at radius 2 is 1.78 bits per heavy atom. The molecular formula is C32H32N8O. The maximum atomic E-state index is 13.0. The Kier molecular flexibility index (Phi) is 7.40. The van der Waals surface area contributed by atoms with Gasteiger partial charge in [0.05, 0.1) is 11.4 Å². The molecule has 4 heterocycles. The normalized spacial score (nSPS) is 15.1. The summed E-state index contributed by atoms with van der Waals surface area (Å²) < 4.78 is 1.92. The second-order valence-electron chi connectivity index (χ2n) is 10.3. The second-order valence-corrected chi connectivity index (χ2v) is 10.3. The van der Waals surface area contributed by atoms with Crippen LogP contribution < -0.4 is 10.6 Å². The number of carbonyl (C=O) groups is 1. The van der Waals surface area contributed by atoms with Crippen LogP contribution >= 0.6 is 0 Å². The molecule has 1 aliphatic rings. The van der Waals surface area contributed by atoms with E-state index >= 15 is 0 Å². The molecule has 1 aliphatic heterocycles. The fraction of sp³-hybridized carbons (Fsp3) is 0.219. The Morgan fingerprint density at radius 3 is 2.56 bits per heavy atom. The van der Waals surface area contributed by atoms with Crippen molar-refractivity contribution in [3.05, 3.63) is 109 Å². The number of likely N-dealkylation sites (tertiary alicyclic amines) is 1. The highest BCUT2D eigenvalue weighted by atomic mass is 16.2. The van der Waals surface area contributed by atoms with E-state index in [1.54, 1.807) is 12.3 Å². The van der Waals surface area contributed by atoms with E-state index in [2.05, 4.69) is 63.5 Å². The molecule has 0 bridgehead atoms. The van der Waals surface area contributed by atoms with Gasteiger partial charge in [-0.05, 0) is 36.1 Å². The minimum atomic E-state index is -0.0123. The van der Waals surface area contributed by atoms with Crippen LogP contribution in [-0.2, 0) is 11.2 Å². The van der Waals surface area contributed by atoms with Crippen molar-refractivity contribution >= 4 is 28.6 Å². The van der Waals surface area contributed by atoms with Crippen molar-refractivity contribution in [3.63, 3.8) is 0 Å².